The number of carbonyl (C=O) groups is 1. The molecule has 0 fully saturated rings. The van der Waals surface area contributed by atoms with Crippen LogP contribution < -0.4 is 0 Å². The van der Waals surface area contributed by atoms with Crippen LogP contribution in [0.1, 0.15) is 6.42 Å². The summed E-state index contributed by atoms with van der Waals surface area (Å²) in [5.41, 5.74) is 0. The lowest BCUT2D eigenvalue weighted by atomic mass is 10.4. The quantitative estimate of drug-likeness (QED) is 0.642. The summed E-state index contributed by atoms with van der Waals surface area (Å²) < 4.78 is 36.5. The van der Waals surface area contributed by atoms with Gasteiger partial charge in [0.2, 0.25) is 10.0 Å². The maximum atomic E-state index is 12.6. The molecule has 0 aliphatic carbocycles. The van der Waals surface area contributed by atoms with E-state index in [2.05, 4.69) is 20.7 Å². The zero-order valence-electron chi connectivity index (χ0n) is 11.9. The molecule has 0 amide bonds. The second-order valence-electron chi connectivity index (χ2n) is 4.18. The van der Waals surface area contributed by atoms with E-state index in [1.807, 2.05) is 0 Å². The van der Waals surface area contributed by atoms with Gasteiger partial charge in [-0.2, -0.15) is 4.31 Å². The number of benzene rings is 1. The van der Waals surface area contributed by atoms with Gasteiger partial charge in [0.25, 0.3) is 0 Å². The van der Waals surface area contributed by atoms with Gasteiger partial charge in [0.1, 0.15) is 0 Å². The van der Waals surface area contributed by atoms with Gasteiger partial charge in [-0.15, -0.1) is 0 Å². The van der Waals surface area contributed by atoms with E-state index in [1.165, 1.54) is 30.7 Å². The second-order valence-corrected chi connectivity index (χ2v) is 7.03. The lowest BCUT2D eigenvalue weighted by Crippen LogP contribution is -2.35. The van der Waals surface area contributed by atoms with Crippen LogP contribution in [-0.2, 0) is 24.3 Å². The molecule has 1 rings (SSSR count). The van der Waals surface area contributed by atoms with Crippen molar-refractivity contribution in [3.8, 4) is 0 Å². The Balaban J connectivity index is 2.96. The summed E-state index contributed by atoms with van der Waals surface area (Å²) in [6.07, 6.45) is -0.00650. The summed E-state index contributed by atoms with van der Waals surface area (Å²) in [5, 5.41) is 0. The Morgan fingerprint density at radius 2 is 2.00 bits per heavy atom. The number of hydrogen-bond acceptors (Lipinski definition) is 5. The molecule has 6 nitrogen and oxygen atoms in total. The molecule has 0 saturated carbocycles. The zero-order valence-corrected chi connectivity index (χ0v) is 14.3. The average Bonchev–Trinajstić information content (AvgIpc) is 2.46. The van der Waals surface area contributed by atoms with Crippen molar-refractivity contribution in [3.63, 3.8) is 0 Å². The Kier molecular flexibility index (Phi) is 7.30. The first kappa shape index (κ1) is 18.1. The number of rotatable bonds is 8. The molecular formula is C13H18BrNO5S. The fourth-order valence-electron chi connectivity index (χ4n) is 1.64. The molecule has 0 atom stereocenters. The third-order valence-corrected chi connectivity index (χ3v) is 5.16. The molecule has 1 aromatic carbocycles. The number of nitrogens with zero attached hydrogens (tertiary/aromatic N) is 1. The maximum absolute atomic E-state index is 12.6. The first-order valence-electron chi connectivity index (χ1n) is 6.23. The van der Waals surface area contributed by atoms with E-state index < -0.39 is 16.0 Å². The van der Waals surface area contributed by atoms with Crippen LogP contribution in [0, 0.1) is 0 Å². The molecule has 0 unspecified atom stereocenters. The Bertz CT molecular complexity index is 576. The van der Waals surface area contributed by atoms with Crippen molar-refractivity contribution in [2.75, 3.05) is 33.9 Å². The van der Waals surface area contributed by atoms with Crippen molar-refractivity contribution in [2.24, 2.45) is 0 Å². The van der Waals surface area contributed by atoms with E-state index in [-0.39, 0.29) is 31.0 Å². The predicted molar refractivity (Wildman–Crippen MR) is 81.4 cm³/mol. The Labute approximate surface area is 133 Å². The summed E-state index contributed by atoms with van der Waals surface area (Å²) in [5.74, 6) is -0.457. The number of esters is 1. The van der Waals surface area contributed by atoms with Gasteiger partial charge in [0, 0.05) is 24.7 Å². The van der Waals surface area contributed by atoms with Crippen LogP contribution in [0.2, 0.25) is 0 Å². The van der Waals surface area contributed by atoms with Crippen LogP contribution >= 0.6 is 15.9 Å². The maximum Gasteiger partial charge on any atom is 0.306 e. The number of methoxy groups -OCH3 is 2. The van der Waals surface area contributed by atoms with Crippen LogP contribution in [0.25, 0.3) is 0 Å². The van der Waals surface area contributed by atoms with Crippen molar-refractivity contribution in [3.05, 3.63) is 28.7 Å². The molecule has 0 N–H and O–H groups in total. The van der Waals surface area contributed by atoms with E-state index in [4.69, 9.17) is 4.74 Å². The summed E-state index contributed by atoms with van der Waals surface area (Å²) in [7, 11) is -0.925. The normalized spacial score (nSPS) is 11.6. The molecule has 1 aromatic rings. The van der Waals surface area contributed by atoms with Gasteiger partial charge >= 0.3 is 5.97 Å². The molecule has 0 saturated heterocycles. The molecule has 0 aromatic heterocycles. The second kappa shape index (κ2) is 8.47. The van der Waals surface area contributed by atoms with E-state index in [0.29, 0.717) is 4.47 Å². The van der Waals surface area contributed by atoms with Crippen LogP contribution in [0.4, 0.5) is 0 Å². The van der Waals surface area contributed by atoms with Gasteiger partial charge in [-0.3, -0.25) is 4.79 Å². The minimum absolute atomic E-state index is 0.00650. The van der Waals surface area contributed by atoms with Crippen molar-refractivity contribution in [1.82, 2.24) is 4.31 Å². The highest BCUT2D eigenvalue weighted by molar-refractivity contribution is 9.10. The molecule has 118 valence electrons. The molecule has 0 aliphatic rings. The molecule has 0 radical (unpaired) electrons. The first-order valence-corrected chi connectivity index (χ1v) is 8.46. The third-order valence-electron chi connectivity index (χ3n) is 2.77. The monoisotopic (exact) mass is 379 g/mol. The van der Waals surface area contributed by atoms with E-state index >= 15 is 0 Å². The lowest BCUT2D eigenvalue weighted by Gasteiger charge is -2.21. The highest BCUT2D eigenvalue weighted by Crippen LogP contribution is 2.20. The standard InChI is InChI=1S/C13H18BrNO5S/c1-19-9-8-15(7-6-13(16)20-2)21(17,18)12-5-3-4-11(14)10-12/h3-5,10H,6-9H2,1-2H3. The van der Waals surface area contributed by atoms with Gasteiger partial charge in [-0.25, -0.2) is 8.42 Å². The fourth-order valence-corrected chi connectivity index (χ4v) is 3.66. The van der Waals surface area contributed by atoms with Crippen LogP contribution in [0.15, 0.2) is 33.6 Å². The van der Waals surface area contributed by atoms with Crippen LogP contribution in [0.5, 0.6) is 0 Å². The summed E-state index contributed by atoms with van der Waals surface area (Å²) >= 11 is 3.25. The molecule has 0 bridgehead atoms. The number of hydrogen-bond donors (Lipinski definition) is 0. The number of sulfonamides is 1. The van der Waals surface area contributed by atoms with Gasteiger partial charge in [0.05, 0.1) is 25.0 Å². The molecule has 0 spiro atoms. The lowest BCUT2D eigenvalue weighted by molar-refractivity contribution is -0.140. The van der Waals surface area contributed by atoms with E-state index in [0.717, 1.165) is 0 Å². The molecule has 8 heteroatoms. The first-order chi connectivity index (χ1) is 9.91. The highest BCUT2D eigenvalue weighted by atomic mass is 79.9. The number of carbonyl (C=O) groups excluding carboxylic acids is 1. The Morgan fingerprint density at radius 1 is 1.29 bits per heavy atom. The van der Waals surface area contributed by atoms with Crippen molar-refractivity contribution in [2.45, 2.75) is 11.3 Å². The average molecular weight is 380 g/mol. The summed E-state index contributed by atoms with van der Waals surface area (Å²) in [6, 6.07) is 6.42. The highest BCUT2D eigenvalue weighted by Gasteiger charge is 2.25. The number of halogens is 1. The Hall–Kier alpha value is -0.960. The summed E-state index contributed by atoms with van der Waals surface area (Å²) in [4.78, 5) is 11.4. The van der Waals surface area contributed by atoms with Crippen molar-refractivity contribution < 1.29 is 22.7 Å². The molecule has 21 heavy (non-hydrogen) atoms. The largest absolute Gasteiger partial charge is 0.469 e. The minimum Gasteiger partial charge on any atom is -0.469 e. The molecule has 0 heterocycles. The van der Waals surface area contributed by atoms with Crippen LogP contribution in [0.3, 0.4) is 0 Å². The Morgan fingerprint density at radius 3 is 2.57 bits per heavy atom. The van der Waals surface area contributed by atoms with E-state index in [9.17, 15) is 13.2 Å². The SMILES string of the molecule is COCCN(CCC(=O)OC)S(=O)(=O)c1cccc(Br)c1. The molecule has 0 aliphatic heterocycles. The van der Waals surface area contributed by atoms with Crippen molar-refractivity contribution >= 4 is 31.9 Å². The fraction of sp³-hybridized carbons (Fsp3) is 0.462. The van der Waals surface area contributed by atoms with Gasteiger partial charge in [-0.1, -0.05) is 22.0 Å². The third kappa shape index (κ3) is 5.39. The van der Waals surface area contributed by atoms with Crippen LogP contribution in [-0.4, -0.2) is 52.6 Å². The number of ether oxygens (including phenoxy) is 2. The van der Waals surface area contributed by atoms with Gasteiger partial charge in [-0.05, 0) is 18.2 Å². The zero-order chi connectivity index (χ0) is 15.9. The van der Waals surface area contributed by atoms with Gasteiger partial charge in [0.15, 0.2) is 0 Å². The summed E-state index contributed by atoms with van der Waals surface area (Å²) in [6.45, 7) is 0.460. The van der Waals surface area contributed by atoms with E-state index in [1.54, 1.807) is 12.1 Å². The topological polar surface area (TPSA) is 72.9 Å². The molecular weight excluding hydrogens is 362 g/mol. The smallest absolute Gasteiger partial charge is 0.306 e. The minimum atomic E-state index is -3.68. The van der Waals surface area contributed by atoms with Gasteiger partial charge < -0.3 is 9.47 Å². The predicted octanol–water partition coefficient (Wildman–Crippen LogP) is 1.65. The van der Waals surface area contributed by atoms with Crippen molar-refractivity contribution in [1.29, 1.82) is 0 Å².